The van der Waals surface area contributed by atoms with Gasteiger partial charge in [-0.15, -0.1) is 10.2 Å². The number of carboxylic acid groups (broad SMARTS) is 1. The van der Waals surface area contributed by atoms with Crippen LogP contribution in [0, 0.1) is 0 Å². The molecule has 0 fully saturated rings. The number of carbonyl (C=O) groups is 3. The van der Waals surface area contributed by atoms with Crippen LogP contribution in [0.5, 0.6) is 0 Å². The van der Waals surface area contributed by atoms with E-state index in [-0.39, 0.29) is 17.7 Å². The molecular weight excluding hydrogens is 354 g/mol. The predicted molar refractivity (Wildman–Crippen MR) is 78.9 cm³/mol. The van der Waals surface area contributed by atoms with Gasteiger partial charge in [-0.25, -0.2) is 9.59 Å². The molecule has 140 valence electrons. The second kappa shape index (κ2) is 8.02. The summed E-state index contributed by atoms with van der Waals surface area (Å²) in [5.74, 6) is -2.67. The molecule has 14 nitrogen and oxygen atoms in total. The number of carbonyl (C=O) groups excluding carboxylic acids is 2. The number of nitrogens with one attached hydrogen (secondary N) is 2. The van der Waals surface area contributed by atoms with Crippen molar-refractivity contribution in [2.24, 2.45) is 5.73 Å². The van der Waals surface area contributed by atoms with E-state index >= 15 is 0 Å². The maximum Gasteiger partial charge on any atom is 0.328 e. The average Bonchev–Trinajstić information content (AvgIpc) is 3.21. The Hall–Kier alpha value is -3.55. The summed E-state index contributed by atoms with van der Waals surface area (Å²) in [4.78, 5) is 37.9. The molecule has 26 heavy (non-hydrogen) atoms. The average molecular weight is 369 g/mol. The molecule has 2 aromatic heterocycles. The molecule has 14 heteroatoms. The van der Waals surface area contributed by atoms with Gasteiger partial charge in [-0.1, -0.05) is 5.16 Å². The van der Waals surface area contributed by atoms with Gasteiger partial charge in [-0.05, 0) is 6.92 Å². The van der Waals surface area contributed by atoms with Crippen LogP contribution in [-0.2, 0) is 9.59 Å². The van der Waals surface area contributed by atoms with Gasteiger partial charge in [0.05, 0.1) is 12.5 Å². The number of aliphatic hydroxyl groups excluding tert-OH is 1. The molecule has 0 aliphatic carbocycles. The van der Waals surface area contributed by atoms with E-state index in [4.69, 9.17) is 19.8 Å². The molecule has 3 amide bonds. The lowest BCUT2D eigenvalue weighted by Crippen LogP contribution is -2.52. The Morgan fingerprint density at radius 3 is 2.54 bits per heavy atom. The van der Waals surface area contributed by atoms with Crippen molar-refractivity contribution in [3.05, 3.63) is 12.2 Å². The SMILES string of the molecule is CC(O)[C@H](NC(=O)N[C@@H](CC(N)=O)c1nnc(-c2ncno2)o1)C(=O)O. The molecule has 0 saturated carbocycles. The van der Waals surface area contributed by atoms with Gasteiger partial charge in [0.15, 0.2) is 12.4 Å². The Bertz CT molecular complexity index is 773. The fourth-order valence-electron chi connectivity index (χ4n) is 1.86. The van der Waals surface area contributed by atoms with Crippen molar-refractivity contribution in [3.8, 4) is 11.8 Å². The summed E-state index contributed by atoms with van der Waals surface area (Å²) >= 11 is 0. The zero-order valence-electron chi connectivity index (χ0n) is 13.3. The number of carboxylic acids is 1. The maximum atomic E-state index is 12.0. The first-order chi connectivity index (χ1) is 12.3. The molecule has 0 bridgehead atoms. The number of urea groups is 1. The van der Waals surface area contributed by atoms with Gasteiger partial charge in [0.2, 0.25) is 11.8 Å². The minimum atomic E-state index is -1.57. The van der Waals surface area contributed by atoms with Gasteiger partial charge in [0, 0.05) is 0 Å². The quantitative estimate of drug-likeness (QED) is 0.348. The standard InChI is InChI=1S/C12H15N7O7/c1-4(20)7(11(22)23)17-12(24)16-5(2-6(13)21)8-18-19-10(25-8)9-14-3-15-26-9/h3-5,7,20H,2H2,1H3,(H2,13,21)(H,22,23)(H2,16,17,24)/t4?,5-,7-/m0/s1. The molecule has 0 spiro atoms. The monoisotopic (exact) mass is 369 g/mol. The number of amides is 3. The first-order valence-electron chi connectivity index (χ1n) is 7.14. The van der Waals surface area contributed by atoms with Gasteiger partial charge >= 0.3 is 23.8 Å². The highest BCUT2D eigenvalue weighted by Crippen LogP contribution is 2.20. The predicted octanol–water partition coefficient (Wildman–Crippen LogP) is -1.83. The van der Waals surface area contributed by atoms with E-state index in [1.165, 1.54) is 6.92 Å². The lowest BCUT2D eigenvalue weighted by atomic mass is 10.2. The Kier molecular flexibility index (Phi) is 5.79. The summed E-state index contributed by atoms with van der Waals surface area (Å²) in [5, 5.41) is 33.3. The topological polar surface area (TPSA) is 220 Å². The van der Waals surface area contributed by atoms with Crippen LogP contribution in [0.25, 0.3) is 11.8 Å². The smallest absolute Gasteiger partial charge is 0.328 e. The van der Waals surface area contributed by atoms with Crippen LogP contribution in [0.1, 0.15) is 25.3 Å². The summed E-state index contributed by atoms with van der Waals surface area (Å²) in [6, 6.07) is -3.72. The zero-order valence-corrected chi connectivity index (χ0v) is 13.3. The summed E-state index contributed by atoms with van der Waals surface area (Å²) in [7, 11) is 0. The van der Waals surface area contributed by atoms with Crippen LogP contribution >= 0.6 is 0 Å². The van der Waals surface area contributed by atoms with Crippen LogP contribution in [0.2, 0.25) is 0 Å². The summed E-state index contributed by atoms with van der Waals surface area (Å²) < 4.78 is 10.00. The van der Waals surface area contributed by atoms with E-state index in [0.717, 1.165) is 6.33 Å². The zero-order chi connectivity index (χ0) is 19.3. The Labute approximate surface area is 144 Å². The molecule has 2 heterocycles. The number of rotatable bonds is 8. The molecule has 0 aliphatic heterocycles. The Balaban J connectivity index is 2.13. The number of nitrogens with two attached hydrogens (primary N) is 1. The molecule has 6 N–H and O–H groups in total. The maximum absolute atomic E-state index is 12.0. The van der Waals surface area contributed by atoms with E-state index < -0.39 is 42.5 Å². The Morgan fingerprint density at radius 2 is 2.00 bits per heavy atom. The van der Waals surface area contributed by atoms with Crippen molar-refractivity contribution < 1.29 is 33.5 Å². The van der Waals surface area contributed by atoms with E-state index in [1.807, 2.05) is 5.32 Å². The molecule has 0 radical (unpaired) electrons. The van der Waals surface area contributed by atoms with E-state index in [9.17, 15) is 19.5 Å². The third-order valence-corrected chi connectivity index (χ3v) is 3.03. The molecule has 0 saturated heterocycles. The third-order valence-electron chi connectivity index (χ3n) is 3.03. The number of aromatic nitrogens is 4. The van der Waals surface area contributed by atoms with Crippen LogP contribution < -0.4 is 16.4 Å². The van der Waals surface area contributed by atoms with Crippen LogP contribution in [0.15, 0.2) is 15.3 Å². The molecule has 2 rings (SSSR count). The van der Waals surface area contributed by atoms with Crippen LogP contribution in [0.4, 0.5) is 4.79 Å². The van der Waals surface area contributed by atoms with E-state index in [2.05, 4.69) is 25.7 Å². The third kappa shape index (κ3) is 4.73. The number of aliphatic carboxylic acids is 1. The lowest BCUT2D eigenvalue weighted by Gasteiger charge is -2.19. The lowest BCUT2D eigenvalue weighted by molar-refractivity contribution is -0.141. The highest BCUT2D eigenvalue weighted by molar-refractivity contribution is 5.83. The van der Waals surface area contributed by atoms with Gasteiger partial charge in [0.1, 0.15) is 6.04 Å². The Morgan fingerprint density at radius 1 is 1.27 bits per heavy atom. The van der Waals surface area contributed by atoms with Crippen molar-refractivity contribution in [1.82, 2.24) is 31.0 Å². The number of nitrogens with zero attached hydrogens (tertiary/aromatic N) is 4. The van der Waals surface area contributed by atoms with Crippen LogP contribution in [-0.4, -0.2) is 60.6 Å². The molecule has 0 aromatic carbocycles. The minimum absolute atomic E-state index is 0.0777. The normalized spacial score (nSPS) is 14.2. The number of hydrogen-bond acceptors (Lipinski definition) is 10. The first kappa shape index (κ1) is 18.8. The number of primary amides is 1. The molecule has 3 atom stereocenters. The highest BCUT2D eigenvalue weighted by atomic mass is 16.5. The van der Waals surface area contributed by atoms with Crippen LogP contribution in [0.3, 0.4) is 0 Å². The summed E-state index contributed by atoms with van der Waals surface area (Å²) in [6.07, 6.45) is -0.667. The van der Waals surface area contributed by atoms with Crippen molar-refractivity contribution in [3.63, 3.8) is 0 Å². The summed E-state index contributed by atoms with van der Waals surface area (Å²) in [6.45, 7) is 1.19. The van der Waals surface area contributed by atoms with E-state index in [0.29, 0.717) is 0 Å². The first-order valence-corrected chi connectivity index (χ1v) is 7.14. The van der Waals surface area contributed by atoms with Gasteiger partial charge in [-0.3, -0.25) is 4.79 Å². The van der Waals surface area contributed by atoms with Crippen molar-refractivity contribution >= 4 is 17.9 Å². The highest BCUT2D eigenvalue weighted by Gasteiger charge is 2.29. The molecule has 0 aliphatic rings. The van der Waals surface area contributed by atoms with Crippen molar-refractivity contribution in [2.75, 3.05) is 0 Å². The van der Waals surface area contributed by atoms with Crippen molar-refractivity contribution in [1.29, 1.82) is 0 Å². The summed E-state index contributed by atoms with van der Waals surface area (Å²) in [5.41, 5.74) is 5.13. The minimum Gasteiger partial charge on any atom is -0.480 e. The molecule has 2 aromatic rings. The fourth-order valence-corrected chi connectivity index (χ4v) is 1.86. The van der Waals surface area contributed by atoms with E-state index in [1.54, 1.807) is 0 Å². The van der Waals surface area contributed by atoms with Gasteiger partial charge in [-0.2, -0.15) is 4.98 Å². The second-order valence-corrected chi connectivity index (χ2v) is 5.09. The molecular formula is C12H15N7O7. The van der Waals surface area contributed by atoms with Gasteiger partial charge < -0.3 is 35.5 Å². The molecule has 1 unspecified atom stereocenters. The second-order valence-electron chi connectivity index (χ2n) is 5.09. The van der Waals surface area contributed by atoms with Crippen molar-refractivity contribution in [2.45, 2.75) is 31.5 Å². The van der Waals surface area contributed by atoms with Gasteiger partial charge in [0.25, 0.3) is 0 Å². The largest absolute Gasteiger partial charge is 0.480 e. The number of hydrogen-bond donors (Lipinski definition) is 5. The fraction of sp³-hybridized carbons (Fsp3) is 0.417. The number of aliphatic hydroxyl groups is 1.